The van der Waals surface area contributed by atoms with Crippen LogP contribution in [0.2, 0.25) is 0 Å². The van der Waals surface area contributed by atoms with E-state index in [-0.39, 0.29) is 24.4 Å². The lowest BCUT2D eigenvalue weighted by molar-refractivity contribution is -0.120. The number of aromatic amines is 1. The first kappa shape index (κ1) is 19.1. The van der Waals surface area contributed by atoms with Crippen LogP contribution in [-0.2, 0) is 17.8 Å². The van der Waals surface area contributed by atoms with Crippen molar-refractivity contribution >= 4 is 21.8 Å². The van der Waals surface area contributed by atoms with Crippen LogP contribution in [0.3, 0.4) is 0 Å². The fraction of sp³-hybridized carbons (Fsp3) is 0.333. The van der Waals surface area contributed by atoms with Crippen LogP contribution in [0.25, 0.3) is 0 Å². The van der Waals surface area contributed by atoms with E-state index in [1.807, 2.05) is 19.9 Å². The molecule has 0 atom stereocenters. The molecule has 1 aromatic carbocycles. The highest BCUT2D eigenvalue weighted by Gasteiger charge is 2.13. The minimum Gasteiger partial charge on any atom is -0.493 e. The minimum atomic E-state index is -0.188. The summed E-state index contributed by atoms with van der Waals surface area (Å²) in [6.45, 7) is 3.87. The fourth-order valence-corrected chi connectivity index (χ4v) is 3.02. The molecule has 1 amide bonds. The number of hydrogen-bond acceptors (Lipinski definition) is 4. The van der Waals surface area contributed by atoms with E-state index in [1.54, 1.807) is 26.4 Å². The number of aryl methyl sites for hydroxylation is 2. The summed E-state index contributed by atoms with van der Waals surface area (Å²) in [4.78, 5) is 27.0. The Labute approximate surface area is 154 Å². The van der Waals surface area contributed by atoms with Crippen molar-refractivity contribution < 1.29 is 14.3 Å². The van der Waals surface area contributed by atoms with Gasteiger partial charge >= 0.3 is 0 Å². The molecule has 0 aliphatic rings. The van der Waals surface area contributed by atoms with Gasteiger partial charge in [-0.05, 0) is 43.2 Å². The lowest BCUT2D eigenvalue weighted by Crippen LogP contribution is -2.29. The fourth-order valence-electron chi connectivity index (χ4n) is 2.56. The maximum absolute atomic E-state index is 12.3. The topological polar surface area (TPSA) is 80.4 Å². The molecule has 1 heterocycles. The van der Waals surface area contributed by atoms with Crippen LogP contribution in [0.15, 0.2) is 27.5 Å². The van der Waals surface area contributed by atoms with Gasteiger partial charge in [-0.25, -0.2) is 0 Å². The van der Waals surface area contributed by atoms with Gasteiger partial charge in [0.1, 0.15) is 0 Å². The molecule has 2 N–H and O–H groups in total. The molecule has 0 aliphatic heterocycles. The predicted octanol–water partition coefficient (Wildman–Crippen LogP) is 2.63. The number of nitrogens with one attached hydrogen (secondary N) is 2. The number of pyridine rings is 1. The lowest BCUT2D eigenvalue weighted by atomic mass is 10.1. The first-order valence-corrected chi connectivity index (χ1v) is 8.51. The van der Waals surface area contributed by atoms with E-state index in [1.165, 1.54) is 0 Å². The van der Waals surface area contributed by atoms with Gasteiger partial charge in [0.25, 0.3) is 5.56 Å². The van der Waals surface area contributed by atoms with E-state index in [0.717, 1.165) is 21.3 Å². The molecule has 6 nitrogen and oxygen atoms in total. The Balaban J connectivity index is 2.10. The maximum atomic E-state index is 12.3. The highest BCUT2D eigenvalue weighted by Crippen LogP contribution is 2.33. The highest BCUT2D eigenvalue weighted by molar-refractivity contribution is 9.10. The molecule has 0 spiro atoms. The number of aromatic nitrogens is 1. The number of H-pyrrole nitrogens is 1. The zero-order chi connectivity index (χ0) is 18.6. The number of carbonyl (C=O) groups excluding carboxylic acids is 1. The Bertz CT molecular complexity index is 846. The number of hydrogen-bond donors (Lipinski definition) is 2. The standard InChI is InChI=1S/C18H21BrN2O4/c1-10-5-11(2)21-18(23)13(10)9-20-17(22)7-12-6-15(24-3)16(25-4)8-14(12)19/h5-6,8H,7,9H2,1-4H3,(H,20,22)(H,21,23). The van der Waals surface area contributed by atoms with Gasteiger partial charge < -0.3 is 19.8 Å². The SMILES string of the molecule is COc1cc(Br)c(CC(=O)NCc2c(C)cc(C)[nH]c2=O)cc1OC. The molecule has 0 unspecified atom stereocenters. The third-order valence-electron chi connectivity index (χ3n) is 3.86. The first-order valence-electron chi connectivity index (χ1n) is 7.72. The van der Waals surface area contributed by atoms with E-state index in [0.29, 0.717) is 17.1 Å². The molecule has 0 radical (unpaired) electrons. The number of amides is 1. The number of carbonyl (C=O) groups is 1. The number of ether oxygens (including phenoxy) is 2. The number of methoxy groups -OCH3 is 2. The largest absolute Gasteiger partial charge is 0.493 e. The van der Waals surface area contributed by atoms with Crippen LogP contribution in [0.4, 0.5) is 0 Å². The summed E-state index contributed by atoms with van der Waals surface area (Å²) in [7, 11) is 3.10. The van der Waals surface area contributed by atoms with Crippen LogP contribution < -0.4 is 20.3 Å². The molecule has 0 saturated heterocycles. The molecule has 2 rings (SSSR count). The zero-order valence-corrected chi connectivity index (χ0v) is 16.2. The summed E-state index contributed by atoms with van der Waals surface area (Å²) >= 11 is 3.44. The van der Waals surface area contributed by atoms with E-state index in [2.05, 4.69) is 26.2 Å². The third-order valence-corrected chi connectivity index (χ3v) is 4.60. The van der Waals surface area contributed by atoms with Gasteiger partial charge in [0.15, 0.2) is 11.5 Å². The molecule has 25 heavy (non-hydrogen) atoms. The number of benzene rings is 1. The van der Waals surface area contributed by atoms with Crippen molar-refractivity contribution in [3.05, 3.63) is 55.4 Å². The van der Waals surface area contributed by atoms with Crippen LogP contribution in [0.1, 0.15) is 22.4 Å². The number of rotatable bonds is 6. The molecular weight excluding hydrogens is 388 g/mol. The normalized spacial score (nSPS) is 10.4. The molecule has 0 fully saturated rings. The van der Waals surface area contributed by atoms with Crippen molar-refractivity contribution in [1.82, 2.24) is 10.3 Å². The second-order valence-electron chi connectivity index (χ2n) is 5.70. The van der Waals surface area contributed by atoms with Gasteiger partial charge in [-0.2, -0.15) is 0 Å². The summed E-state index contributed by atoms with van der Waals surface area (Å²) in [5.41, 5.74) is 2.81. The minimum absolute atomic E-state index is 0.156. The molecule has 7 heteroatoms. The Morgan fingerprint density at radius 2 is 1.80 bits per heavy atom. The molecule has 0 bridgehead atoms. The van der Waals surface area contributed by atoms with Crippen molar-refractivity contribution in [3.8, 4) is 11.5 Å². The van der Waals surface area contributed by atoms with Crippen LogP contribution in [-0.4, -0.2) is 25.1 Å². The second-order valence-corrected chi connectivity index (χ2v) is 6.55. The summed E-state index contributed by atoms with van der Waals surface area (Å²) in [5, 5.41) is 2.79. The second kappa shape index (κ2) is 8.20. The highest BCUT2D eigenvalue weighted by atomic mass is 79.9. The molecule has 134 valence electrons. The van der Waals surface area contributed by atoms with Gasteiger partial charge in [-0.3, -0.25) is 9.59 Å². The monoisotopic (exact) mass is 408 g/mol. The Morgan fingerprint density at radius 1 is 1.16 bits per heavy atom. The predicted molar refractivity (Wildman–Crippen MR) is 99.3 cm³/mol. The first-order chi connectivity index (χ1) is 11.8. The average Bonchev–Trinajstić information content (AvgIpc) is 2.55. The van der Waals surface area contributed by atoms with Crippen molar-refractivity contribution in [3.63, 3.8) is 0 Å². The van der Waals surface area contributed by atoms with E-state index in [9.17, 15) is 9.59 Å². The lowest BCUT2D eigenvalue weighted by Gasteiger charge is -2.12. The van der Waals surface area contributed by atoms with Gasteiger partial charge in [0.05, 0.1) is 20.6 Å². The van der Waals surface area contributed by atoms with E-state index < -0.39 is 0 Å². The van der Waals surface area contributed by atoms with E-state index >= 15 is 0 Å². The van der Waals surface area contributed by atoms with Gasteiger partial charge in [-0.1, -0.05) is 15.9 Å². The Hall–Kier alpha value is -2.28. The summed E-state index contributed by atoms with van der Waals surface area (Å²) in [6, 6.07) is 5.40. The molecule has 0 aliphatic carbocycles. The average molecular weight is 409 g/mol. The van der Waals surface area contributed by atoms with Crippen molar-refractivity contribution in [2.45, 2.75) is 26.8 Å². The Kier molecular flexibility index (Phi) is 6.25. The summed E-state index contributed by atoms with van der Waals surface area (Å²) < 4.78 is 11.2. The van der Waals surface area contributed by atoms with Crippen LogP contribution in [0, 0.1) is 13.8 Å². The van der Waals surface area contributed by atoms with Gasteiger partial charge in [0, 0.05) is 22.3 Å². The van der Waals surface area contributed by atoms with Crippen molar-refractivity contribution in [2.75, 3.05) is 14.2 Å². The summed E-state index contributed by atoms with van der Waals surface area (Å²) in [6.07, 6.45) is 0.156. The van der Waals surface area contributed by atoms with Crippen molar-refractivity contribution in [2.24, 2.45) is 0 Å². The zero-order valence-electron chi connectivity index (χ0n) is 14.7. The third kappa shape index (κ3) is 4.63. The van der Waals surface area contributed by atoms with Crippen molar-refractivity contribution in [1.29, 1.82) is 0 Å². The van der Waals surface area contributed by atoms with Crippen LogP contribution in [0.5, 0.6) is 11.5 Å². The molecular formula is C18H21BrN2O4. The maximum Gasteiger partial charge on any atom is 0.253 e. The van der Waals surface area contributed by atoms with Gasteiger partial charge in [-0.15, -0.1) is 0 Å². The Morgan fingerprint density at radius 3 is 2.40 bits per heavy atom. The molecule has 0 saturated carbocycles. The molecule has 1 aromatic heterocycles. The number of halogens is 1. The van der Waals surface area contributed by atoms with E-state index in [4.69, 9.17) is 9.47 Å². The quantitative estimate of drug-likeness (QED) is 0.769. The molecule has 2 aromatic rings. The van der Waals surface area contributed by atoms with Gasteiger partial charge in [0.2, 0.25) is 5.91 Å². The van der Waals surface area contributed by atoms with Crippen LogP contribution >= 0.6 is 15.9 Å². The summed E-state index contributed by atoms with van der Waals surface area (Å²) in [5.74, 6) is 0.951. The smallest absolute Gasteiger partial charge is 0.253 e.